The molecule has 0 amide bonds. The van der Waals surface area contributed by atoms with E-state index in [4.69, 9.17) is 16.0 Å². The first kappa shape index (κ1) is 27.7. The third-order valence-electron chi connectivity index (χ3n) is 5.48. The van der Waals surface area contributed by atoms with Gasteiger partial charge in [0.25, 0.3) is 5.56 Å². The van der Waals surface area contributed by atoms with E-state index in [2.05, 4.69) is 35.9 Å². The zero-order chi connectivity index (χ0) is 27.1. The summed E-state index contributed by atoms with van der Waals surface area (Å²) in [6.07, 6.45) is 5.16. The lowest BCUT2D eigenvalue weighted by Gasteiger charge is -2.11. The van der Waals surface area contributed by atoms with E-state index in [1.807, 2.05) is 69.3 Å². The lowest BCUT2D eigenvalue weighted by atomic mass is 10.00. The Morgan fingerprint density at radius 2 is 1.78 bits per heavy atom. The molecule has 4 rings (SSSR count). The van der Waals surface area contributed by atoms with Crippen molar-refractivity contribution in [3.63, 3.8) is 0 Å². The van der Waals surface area contributed by atoms with Crippen molar-refractivity contribution in [3.8, 4) is 22.6 Å². The highest BCUT2D eigenvalue weighted by Gasteiger charge is 2.13. The highest BCUT2D eigenvalue weighted by atomic mass is 35.5. The Labute approximate surface area is 222 Å². The molecule has 4 aromatic rings. The van der Waals surface area contributed by atoms with Gasteiger partial charge in [-0.1, -0.05) is 61.3 Å². The maximum absolute atomic E-state index is 13.3. The summed E-state index contributed by atoms with van der Waals surface area (Å²) in [5.41, 5.74) is 4.72. The lowest BCUT2D eigenvalue weighted by Crippen LogP contribution is -2.42. The van der Waals surface area contributed by atoms with E-state index < -0.39 is 0 Å². The molecule has 0 atom stereocenters. The van der Waals surface area contributed by atoms with Gasteiger partial charge >= 0.3 is 6.01 Å². The van der Waals surface area contributed by atoms with Gasteiger partial charge in [-0.2, -0.15) is 0 Å². The van der Waals surface area contributed by atoms with Crippen LogP contribution in [0, 0.1) is 6.92 Å². The van der Waals surface area contributed by atoms with Gasteiger partial charge in [-0.05, 0) is 85.7 Å². The molecule has 7 heteroatoms. The van der Waals surface area contributed by atoms with Crippen LogP contribution in [-0.2, 0) is 7.05 Å². The van der Waals surface area contributed by atoms with Gasteiger partial charge in [0.15, 0.2) is 0 Å². The van der Waals surface area contributed by atoms with Gasteiger partial charge in [0, 0.05) is 28.9 Å². The van der Waals surface area contributed by atoms with Crippen molar-refractivity contribution in [2.24, 2.45) is 7.05 Å². The summed E-state index contributed by atoms with van der Waals surface area (Å²) in [7, 11) is 1.78. The molecule has 0 aliphatic rings. The second-order valence-corrected chi connectivity index (χ2v) is 9.26. The number of aryl methyl sites for hydroxylation is 1. The maximum atomic E-state index is 13.3. The SMILES string of the molecule is C=C(C)/C=c1\c(=C/C)cc(-c2cc(Nc3nnc(-c4ccc(Cl)cc4)o3)ccc2C)c(=O)n1C.CCC. The van der Waals surface area contributed by atoms with Crippen LogP contribution in [0.25, 0.3) is 34.7 Å². The number of hydrogen-bond donors (Lipinski definition) is 1. The van der Waals surface area contributed by atoms with Crippen LogP contribution in [0.15, 0.2) is 69.9 Å². The van der Waals surface area contributed by atoms with E-state index in [0.717, 1.165) is 38.5 Å². The predicted octanol–water partition coefficient (Wildman–Crippen LogP) is 6.38. The lowest BCUT2D eigenvalue weighted by molar-refractivity contribution is 0.587. The number of pyridine rings is 1. The van der Waals surface area contributed by atoms with E-state index in [0.29, 0.717) is 16.5 Å². The molecule has 6 nitrogen and oxygen atoms in total. The summed E-state index contributed by atoms with van der Waals surface area (Å²) in [4.78, 5) is 13.3. The van der Waals surface area contributed by atoms with Crippen LogP contribution in [0.1, 0.15) is 39.7 Å². The summed E-state index contributed by atoms with van der Waals surface area (Å²) >= 11 is 5.95. The molecular weight excluding hydrogens is 484 g/mol. The Balaban J connectivity index is 0.00000121. The second-order valence-electron chi connectivity index (χ2n) is 8.82. The Bertz CT molecular complexity index is 1580. The fourth-order valence-electron chi connectivity index (χ4n) is 3.71. The number of hydrogen-bond acceptors (Lipinski definition) is 5. The summed E-state index contributed by atoms with van der Waals surface area (Å²) in [5.74, 6) is 0.382. The van der Waals surface area contributed by atoms with Crippen LogP contribution in [-0.4, -0.2) is 14.8 Å². The van der Waals surface area contributed by atoms with Crippen molar-refractivity contribution >= 4 is 35.5 Å². The Kier molecular flexibility index (Phi) is 9.25. The first-order valence-electron chi connectivity index (χ1n) is 12.2. The third kappa shape index (κ3) is 6.66. The molecule has 37 heavy (non-hydrogen) atoms. The molecule has 0 aliphatic carbocycles. The zero-order valence-corrected chi connectivity index (χ0v) is 23.0. The minimum absolute atomic E-state index is 0.0823. The number of anilines is 2. The molecule has 192 valence electrons. The van der Waals surface area contributed by atoms with Gasteiger partial charge < -0.3 is 14.3 Å². The van der Waals surface area contributed by atoms with Crippen LogP contribution in [0.4, 0.5) is 11.7 Å². The molecule has 1 N–H and O–H groups in total. The molecule has 2 aromatic carbocycles. The number of rotatable bonds is 5. The third-order valence-corrected chi connectivity index (χ3v) is 5.73. The average Bonchev–Trinajstić information content (AvgIpc) is 3.33. The van der Waals surface area contributed by atoms with E-state index in [-0.39, 0.29) is 11.6 Å². The fourth-order valence-corrected chi connectivity index (χ4v) is 3.83. The molecule has 0 unspecified atom stereocenters. The number of halogens is 1. The predicted molar refractivity (Wildman–Crippen MR) is 155 cm³/mol. The first-order chi connectivity index (χ1) is 17.7. The Hall–Kier alpha value is -3.90. The largest absolute Gasteiger partial charge is 0.403 e. The van der Waals surface area contributed by atoms with Gasteiger partial charge in [-0.3, -0.25) is 4.79 Å². The normalized spacial score (nSPS) is 11.8. The minimum atomic E-state index is -0.0823. The average molecular weight is 517 g/mol. The standard InChI is InChI=1S/C27H25ClN4O2.C3H8/c1-6-18-14-23(26(33)32(5)24(18)13-16(2)3)22-15-21(12-7-17(22)4)29-27-31-30-25(34-27)19-8-10-20(28)11-9-19;1-3-2/h6-15H,2H2,1,3-5H3,(H,29,31);3H2,1-2H3/b18-6-,24-13+;. The Morgan fingerprint density at radius 3 is 2.41 bits per heavy atom. The second kappa shape index (κ2) is 12.4. The highest BCUT2D eigenvalue weighted by molar-refractivity contribution is 6.30. The van der Waals surface area contributed by atoms with Gasteiger partial charge in [0.1, 0.15) is 0 Å². The molecule has 0 radical (unpaired) electrons. The van der Waals surface area contributed by atoms with E-state index >= 15 is 0 Å². The monoisotopic (exact) mass is 516 g/mol. The quantitative estimate of drug-likeness (QED) is 0.333. The first-order valence-corrected chi connectivity index (χ1v) is 12.6. The number of aromatic nitrogens is 3. The van der Waals surface area contributed by atoms with Crippen LogP contribution in [0.3, 0.4) is 0 Å². The fraction of sp³-hybridized carbons (Fsp3) is 0.233. The van der Waals surface area contributed by atoms with Crippen LogP contribution < -0.4 is 21.4 Å². The topological polar surface area (TPSA) is 73.0 Å². The van der Waals surface area contributed by atoms with Crippen LogP contribution in [0.5, 0.6) is 0 Å². The Morgan fingerprint density at radius 1 is 1.11 bits per heavy atom. The molecule has 0 saturated heterocycles. The van der Waals surface area contributed by atoms with E-state index in [1.165, 1.54) is 6.42 Å². The van der Waals surface area contributed by atoms with Crippen molar-refractivity contribution in [2.45, 2.75) is 41.0 Å². The van der Waals surface area contributed by atoms with Crippen molar-refractivity contribution < 1.29 is 4.42 Å². The molecule has 0 spiro atoms. The highest BCUT2D eigenvalue weighted by Crippen LogP contribution is 2.27. The minimum Gasteiger partial charge on any atom is -0.403 e. The van der Waals surface area contributed by atoms with E-state index in [9.17, 15) is 4.79 Å². The van der Waals surface area contributed by atoms with Gasteiger partial charge in [-0.25, -0.2) is 0 Å². The number of allylic oxidation sites excluding steroid dienone is 1. The van der Waals surface area contributed by atoms with E-state index in [1.54, 1.807) is 23.7 Å². The molecular formula is C30H33ClN4O2. The van der Waals surface area contributed by atoms with Crippen molar-refractivity contribution in [3.05, 3.63) is 92.2 Å². The van der Waals surface area contributed by atoms with Crippen molar-refractivity contribution in [2.75, 3.05) is 5.32 Å². The van der Waals surface area contributed by atoms with Crippen molar-refractivity contribution in [1.82, 2.24) is 14.8 Å². The molecule has 2 heterocycles. The summed E-state index contributed by atoms with van der Waals surface area (Å²) in [5, 5.41) is 13.8. The maximum Gasteiger partial charge on any atom is 0.320 e. The molecule has 0 saturated carbocycles. The number of benzene rings is 2. The van der Waals surface area contributed by atoms with Crippen LogP contribution in [0.2, 0.25) is 5.02 Å². The summed E-state index contributed by atoms with van der Waals surface area (Å²) < 4.78 is 7.42. The summed E-state index contributed by atoms with van der Waals surface area (Å²) in [6.45, 7) is 14.0. The van der Waals surface area contributed by atoms with Crippen LogP contribution >= 0.6 is 11.6 Å². The smallest absolute Gasteiger partial charge is 0.320 e. The molecule has 0 fully saturated rings. The van der Waals surface area contributed by atoms with Crippen molar-refractivity contribution in [1.29, 1.82) is 0 Å². The van der Waals surface area contributed by atoms with Gasteiger partial charge in [-0.15, -0.1) is 5.10 Å². The number of nitrogens with zero attached hydrogens (tertiary/aromatic N) is 3. The summed E-state index contributed by atoms with van der Waals surface area (Å²) in [6, 6.07) is 15.1. The van der Waals surface area contributed by atoms with Gasteiger partial charge in [0.2, 0.25) is 5.89 Å². The molecule has 2 aromatic heterocycles. The number of nitrogens with one attached hydrogen (secondary N) is 1. The van der Waals surface area contributed by atoms with Gasteiger partial charge in [0.05, 0.1) is 5.35 Å². The zero-order valence-electron chi connectivity index (χ0n) is 22.2. The molecule has 0 bridgehead atoms. The molecule has 0 aliphatic heterocycles.